The number of amides is 1. The molecule has 3 N–H and O–H groups in total. The summed E-state index contributed by atoms with van der Waals surface area (Å²) in [7, 11) is 0. The molecule has 1 aromatic heterocycles. The molecule has 126 valence electrons. The van der Waals surface area contributed by atoms with Crippen molar-refractivity contribution < 1.29 is 4.79 Å². The number of nitrogens with two attached hydrogens (primary N) is 1. The molecule has 0 spiro atoms. The molecule has 1 aliphatic rings. The summed E-state index contributed by atoms with van der Waals surface area (Å²) in [4.78, 5) is 16.5. The van der Waals surface area contributed by atoms with E-state index in [0.717, 1.165) is 42.4 Å². The summed E-state index contributed by atoms with van der Waals surface area (Å²) in [6, 6.07) is 12.2. The molecule has 24 heavy (non-hydrogen) atoms. The summed E-state index contributed by atoms with van der Waals surface area (Å²) in [5.74, 6) is 0.000234. The van der Waals surface area contributed by atoms with Crippen LogP contribution in [-0.2, 0) is 11.3 Å². The number of hydrogen-bond donors (Lipinski definition) is 2. The van der Waals surface area contributed by atoms with Gasteiger partial charge >= 0.3 is 0 Å². The van der Waals surface area contributed by atoms with E-state index in [2.05, 4.69) is 34.6 Å². The van der Waals surface area contributed by atoms with Gasteiger partial charge in [-0.15, -0.1) is 0 Å². The molecule has 4 heteroatoms. The van der Waals surface area contributed by atoms with E-state index in [0.29, 0.717) is 6.54 Å². The van der Waals surface area contributed by atoms with Crippen LogP contribution in [0.15, 0.2) is 48.8 Å². The van der Waals surface area contributed by atoms with Gasteiger partial charge in [0.15, 0.2) is 0 Å². The number of carbonyl (C=O) groups excluding carboxylic acids is 1. The molecule has 2 aromatic rings. The Balaban J connectivity index is 1.60. The number of benzene rings is 1. The quantitative estimate of drug-likeness (QED) is 0.907. The molecule has 0 radical (unpaired) electrons. The minimum atomic E-state index is -0.381. The first-order chi connectivity index (χ1) is 11.6. The molecular weight excluding hydrogens is 298 g/mol. The van der Waals surface area contributed by atoms with E-state index in [4.69, 9.17) is 5.73 Å². The summed E-state index contributed by atoms with van der Waals surface area (Å²) in [6.45, 7) is 2.54. The lowest BCUT2D eigenvalue weighted by molar-refractivity contribution is -0.128. The van der Waals surface area contributed by atoms with Crippen LogP contribution in [0.25, 0.3) is 11.1 Å². The van der Waals surface area contributed by atoms with Crippen molar-refractivity contribution in [1.82, 2.24) is 10.3 Å². The summed E-state index contributed by atoms with van der Waals surface area (Å²) in [6.07, 6.45) is 7.60. The zero-order chi connectivity index (χ0) is 17.0. The fraction of sp³-hybridized carbons (Fsp3) is 0.400. The van der Waals surface area contributed by atoms with Crippen LogP contribution in [0.1, 0.15) is 38.2 Å². The van der Waals surface area contributed by atoms with Crippen molar-refractivity contribution in [2.45, 2.75) is 44.7 Å². The van der Waals surface area contributed by atoms with Crippen molar-refractivity contribution >= 4 is 5.91 Å². The van der Waals surface area contributed by atoms with Gasteiger partial charge in [-0.25, -0.2) is 0 Å². The summed E-state index contributed by atoms with van der Waals surface area (Å²) < 4.78 is 0. The van der Waals surface area contributed by atoms with Gasteiger partial charge in [-0.05, 0) is 48.6 Å². The minimum Gasteiger partial charge on any atom is -0.352 e. The molecular formula is C20H25N3O. The third kappa shape index (κ3) is 3.82. The number of hydrogen-bond acceptors (Lipinski definition) is 3. The Morgan fingerprint density at radius 1 is 1.17 bits per heavy atom. The molecule has 1 amide bonds. The largest absolute Gasteiger partial charge is 0.352 e. The van der Waals surface area contributed by atoms with E-state index in [1.165, 1.54) is 0 Å². The Morgan fingerprint density at radius 3 is 2.50 bits per heavy atom. The molecule has 0 bridgehead atoms. The molecule has 2 atom stereocenters. The van der Waals surface area contributed by atoms with Crippen molar-refractivity contribution in [3.05, 3.63) is 54.4 Å². The van der Waals surface area contributed by atoms with Crippen LogP contribution < -0.4 is 11.1 Å². The molecule has 4 nitrogen and oxygen atoms in total. The predicted octanol–water partition coefficient (Wildman–Crippen LogP) is 3.27. The lowest BCUT2D eigenvalue weighted by Gasteiger charge is -2.37. The second-order valence-corrected chi connectivity index (χ2v) is 6.95. The van der Waals surface area contributed by atoms with E-state index in [9.17, 15) is 4.79 Å². The summed E-state index contributed by atoms with van der Waals surface area (Å²) in [5, 5.41) is 3.05. The maximum Gasteiger partial charge on any atom is 0.225 e. The minimum absolute atomic E-state index is 0.0812. The van der Waals surface area contributed by atoms with E-state index in [1.54, 1.807) is 12.4 Å². The first-order valence-corrected chi connectivity index (χ1v) is 8.62. The van der Waals surface area contributed by atoms with Crippen LogP contribution in [0.3, 0.4) is 0 Å². The molecule has 1 fully saturated rings. The zero-order valence-corrected chi connectivity index (χ0v) is 14.2. The lowest BCUT2D eigenvalue weighted by Crippen LogP contribution is -2.52. The smallest absolute Gasteiger partial charge is 0.225 e. The number of nitrogens with zero attached hydrogens (tertiary/aromatic N) is 1. The number of pyridine rings is 1. The van der Waals surface area contributed by atoms with Crippen LogP contribution in [0, 0.1) is 5.92 Å². The maximum atomic E-state index is 12.5. The van der Waals surface area contributed by atoms with Gasteiger partial charge in [-0.3, -0.25) is 9.78 Å². The van der Waals surface area contributed by atoms with Crippen LogP contribution in [0.2, 0.25) is 0 Å². The average molecular weight is 323 g/mol. The molecule has 2 unspecified atom stereocenters. The van der Waals surface area contributed by atoms with Gasteiger partial charge in [0, 0.05) is 24.5 Å². The molecule has 0 aliphatic heterocycles. The van der Waals surface area contributed by atoms with Crippen molar-refractivity contribution in [2.75, 3.05) is 0 Å². The maximum absolute atomic E-state index is 12.5. The van der Waals surface area contributed by atoms with E-state index in [-0.39, 0.29) is 17.4 Å². The third-order valence-electron chi connectivity index (χ3n) is 5.01. The van der Waals surface area contributed by atoms with Gasteiger partial charge in [-0.2, -0.15) is 0 Å². The topological polar surface area (TPSA) is 68.0 Å². The molecule has 1 aliphatic carbocycles. The Kier molecular flexibility index (Phi) is 4.95. The molecule has 3 rings (SSSR count). The van der Waals surface area contributed by atoms with E-state index >= 15 is 0 Å². The lowest BCUT2D eigenvalue weighted by atomic mass is 9.74. The van der Waals surface area contributed by atoms with Gasteiger partial charge in [0.05, 0.1) is 5.92 Å². The standard InChI is InChI=1S/C20H25N3O/c1-20(21)11-3-2-4-18(20)19(24)23-14-15-5-7-16(8-6-15)17-9-12-22-13-10-17/h5-10,12-13,18H,2-4,11,14,21H2,1H3,(H,23,24). The number of nitrogens with one attached hydrogen (secondary N) is 1. The molecule has 1 heterocycles. The third-order valence-corrected chi connectivity index (χ3v) is 5.01. The van der Waals surface area contributed by atoms with E-state index < -0.39 is 0 Å². The highest BCUT2D eigenvalue weighted by Crippen LogP contribution is 2.31. The second-order valence-electron chi connectivity index (χ2n) is 6.95. The van der Waals surface area contributed by atoms with Crippen molar-refractivity contribution in [1.29, 1.82) is 0 Å². The Labute approximate surface area is 143 Å². The van der Waals surface area contributed by atoms with Crippen LogP contribution in [0.5, 0.6) is 0 Å². The first kappa shape index (κ1) is 16.7. The predicted molar refractivity (Wildman–Crippen MR) is 96.1 cm³/mol. The zero-order valence-electron chi connectivity index (χ0n) is 14.2. The number of aromatic nitrogens is 1. The van der Waals surface area contributed by atoms with Gasteiger partial charge in [0.1, 0.15) is 0 Å². The molecule has 1 saturated carbocycles. The summed E-state index contributed by atoms with van der Waals surface area (Å²) in [5.41, 5.74) is 9.31. The van der Waals surface area contributed by atoms with Gasteiger partial charge < -0.3 is 11.1 Å². The number of rotatable bonds is 4. The van der Waals surface area contributed by atoms with Crippen LogP contribution in [-0.4, -0.2) is 16.4 Å². The normalized spacial score (nSPS) is 23.7. The van der Waals surface area contributed by atoms with Gasteiger partial charge in [0.25, 0.3) is 0 Å². The first-order valence-electron chi connectivity index (χ1n) is 8.62. The highest BCUT2D eigenvalue weighted by molar-refractivity contribution is 5.80. The van der Waals surface area contributed by atoms with Crippen LogP contribution >= 0.6 is 0 Å². The fourth-order valence-electron chi connectivity index (χ4n) is 3.46. The SMILES string of the molecule is CC1(N)CCCCC1C(=O)NCc1ccc(-c2ccncc2)cc1. The van der Waals surface area contributed by atoms with Crippen molar-refractivity contribution in [3.8, 4) is 11.1 Å². The Morgan fingerprint density at radius 2 is 1.83 bits per heavy atom. The Hall–Kier alpha value is -2.20. The molecule has 0 saturated heterocycles. The summed E-state index contributed by atoms with van der Waals surface area (Å²) >= 11 is 0. The average Bonchev–Trinajstić information content (AvgIpc) is 2.60. The number of carbonyl (C=O) groups is 1. The monoisotopic (exact) mass is 323 g/mol. The second kappa shape index (κ2) is 7.14. The van der Waals surface area contributed by atoms with Crippen molar-refractivity contribution in [3.63, 3.8) is 0 Å². The Bertz CT molecular complexity index is 680. The van der Waals surface area contributed by atoms with Gasteiger partial charge in [0.2, 0.25) is 5.91 Å². The fourth-order valence-corrected chi connectivity index (χ4v) is 3.46. The van der Waals surface area contributed by atoms with Crippen LogP contribution in [0.4, 0.5) is 0 Å². The van der Waals surface area contributed by atoms with Crippen molar-refractivity contribution in [2.24, 2.45) is 11.7 Å². The van der Waals surface area contributed by atoms with Gasteiger partial charge in [-0.1, -0.05) is 37.1 Å². The highest BCUT2D eigenvalue weighted by atomic mass is 16.1. The highest BCUT2D eigenvalue weighted by Gasteiger charge is 2.37. The van der Waals surface area contributed by atoms with E-state index in [1.807, 2.05) is 19.1 Å². The molecule has 1 aromatic carbocycles.